The molecule has 0 aromatic heterocycles. The van der Waals surface area contributed by atoms with Crippen molar-refractivity contribution in [2.45, 2.75) is 0 Å². The number of hydrogen-bond acceptors (Lipinski definition) is 10. The van der Waals surface area contributed by atoms with Crippen LogP contribution in [0.15, 0.2) is 72.8 Å². The second kappa shape index (κ2) is 17.4. The quantitative estimate of drug-likeness (QED) is 0.0603. The summed E-state index contributed by atoms with van der Waals surface area (Å²) in [4.78, 5) is 65.7. The molecule has 0 spiro atoms. The van der Waals surface area contributed by atoms with Crippen LogP contribution in [0.4, 0.5) is 22.7 Å². The minimum atomic E-state index is -1.30. The van der Waals surface area contributed by atoms with E-state index in [-0.39, 0.29) is 95.4 Å². The summed E-state index contributed by atoms with van der Waals surface area (Å²) in [7, 11) is 0. The van der Waals surface area contributed by atoms with Gasteiger partial charge in [0.15, 0.2) is 0 Å². The third-order valence-corrected chi connectivity index (χ3v) is 6.92. The topological polar surface area (TPSA) is 207 Å². The first-order chi connectivity index (χ1) is 21.7. The largest absolute Gasteiger partial charge is 1.00 e. The maximum Gasteiger partial charge on any atom is 1.00 e. The van der Waals surface area contributed by atoms with Crippen LogP contribution in [-0.2, 0) is 0 Å². The number of hydrogen-bond donors (Lipinski definition) is 0. The number of para-hydroxylation sites is 4. The number of nitro benzene ring substituents is 4. The normalized spacial score (nSPS) is 9.79. The number of nitro groups is 4. The zero-order valence-corrected chi connectivity index (χ0v) is 29.5. The first-order valence-electron chi connectivity index (χ1n) is 12.0. The Morgan fingerprint density at radius 1 is 0.489 bits per heavy atom. The summed E-state index contributed by atoms with van der Waals surface area (Å²) in [5.41, 5.74) is -3.19. The molecule has 0 aliphatic heterocycles. The molecule has 0 heterocycles. The molecular formula is C28H13Cl4KN4O10. The van der Waals surface area contributed by atoms with Gasteiger partial charge in [-0.15, -0.1) is 0 Å². The Bertz CT molecular complexity index is 1900. The minimum Gasteiger partial charge on any atom is -1.00 e. The fourth-order valence-electron chi connectivity index (χ4n) is 3.75. The van der Waals surface area contributed by atoms with Crippen LogP contribution in [0, 0.1) is 52.3 Å². The van der Waals surface area contributed by atoms with Gasteiger partial charge in [0, 0.05) is 0 Å². The van der Waals surface area contributed by atoms with Gasteiger partial charge in [0.1, 0.15) is 42.3 Å². The van der Waals surface area contributed by atoms with Crippen molar-refractivity contribution in [3.05, 3.63) is 156 Å². The van der Waals surface area contributed by atoms with Crippen molar-refractivity contribution >= 4 is 80.7 Å². The van der Waals surface area contributed by atoms with Crippen molar-refractivity contribution in [3.63, 3.8) is 0 Å². The van der Waals surface area contributed by atoms with E-state index in [0.29, 0.717) is 0 Å². The van der Waals surface area contributed by atoms with E-state index in [9.17, 15) is 50.0 Å². The van der Waals surface area contributed by atoms with Gasteiger partial charge in [-0.3, -0.25) is 50.0 Å². The summed E-state index contributed by atoms with van der Waals surface area (Å²) in [6, 6.07) is 15.5. The number of carbonyl (C=O) groups is 2. The molecule has 234 valence electrons. The van der Waals surface area contributed by atoms with Gasteiger partial charge in [-0.1, -0.05) is 82.5 Å². The third kappa shape index (κ3) is 9.38. The van der Waals surface area contributed by atoms with Crippen LogP contribution in [0.2, 0.25) is 20.1 Å². The fraction of sp³-hybridized carbons (Fsp3) is 0. The van der Waals surface area contributed by atoms with E-state index in [4.69, 9.17) is 46.4 Å². The zero-order chi connectivity index (χ0) is 34.3. The molecule has 47 heavy (non-hydrogen) atoms. The number of benzene rings is 4. The maximum atomic E-state index is 12.3. The second-order valence-electron chi connectivity index (χ2n) is 8.48. The molecule has 0 saturated carbocycles. The number of ketones is 2. The summed E-state index contributed by atoms with van der Waals surface area (Å²) in [5.74, 6) is 2.48. The Hall–Kier alpha value is -3.82. The van der Waals surface area contributed by atoms with E-state index in [2.05, 4.69) is 11.8 Å². The fourth-order valence-corrected chi connectivity index (χ4v) is 4.73. The Morgan fingerprint density at radius 3 is 1.02 bits per heavy atom. The molecule has 0 amide bonds. The Balaban J connectivity index is 0.000000462. The van der Waals surface area contributed by atoms with Crippen molar-refractivity contribution < 1.29 is 82.1 Å². The van der Waals surface area contributed by atoms with E-state index in [1.807, 2.05) is 0 Å². The second-order valence-corrected chi connectivity index (χ2v) is 10.1. The van der Waals surface area contributed by atoms with E-state index >= 15 is 0 Å². The average molecular weight is 746 g/mol. The van der Waals surface area contributed by atoms with Gasteiger partial charge in [0.2, 0.25) is 11.6 Å². The van der Waals surface area contributed by atoms with E-state index in [1.54, 1.807) is 0 Å². The minimum absolute atomic E-state index is 0. The molecule has 0 N–H and O–H groups in total. The van der Waals surface area contributed by atoms with Crippen molar-refractivity contribution in [1.82, 2.24) is 0 Å². The molecular weight excluding hydrogens is 733 g/mol. The summed E-state index contributed by atoms with van der Waals surface area (Å²) in [6.45, 7) is 0. The number of rotatable bonds is 7. The van der Waals surface area contributed by atoms with Gasteiger partial charge >= 0.3 is 62.8 Å². The first kappa shape index (κ1) is 39.4. The molecule has 0 radical (unpaired) electrons. The standard InChI is InChI=1S/C14H6Cl2N2O6.C14H6Cl2N2O4.K.H/c15-9-5-1-3-7(11(9)17(21)22)13(19)14(20)8-4-2-6-10(16)12(8)18(23)24;15-11-5-1-3-9(13(11)17(19)20)7-8-10-4-2-6-12(16)14(10)18(21)22;;/h1-6H;1-6H;;/q;;+1;-1. The van der Waals surface area contributed by atoms with Crippen molar-refractivity contribution in [1.29, 1.82) is 0 Å². The number of Topliss-reactive ketones (excluding diaryl/α,β-unsaturated/α-hetero) is 2. The van der Waals surface area contributed by atoms with Gasteiger partial charge in [0.25, 0.3) is 11.4 Å². The van der Waals surface area contributed by atoms with Gasteiger partial charge in [-0.05, 0) is 48.5 Å². The maximum absolute atomic E-state index is 12.3. The van der Waals surface area contributed by atoms with E-state index < -0.39 is 53.8 Å². The van der Waals surface area contributed by atoms with Crippen LogP contribution in [0.3, 0.4) is 0 Å². The Labute approximate surface area is 327 Å². The predicted molar refractivity (Wildman–Crippen MR) is 168 cm³/mol. The number of carbonyl (C=O) groups excluding carboxylic acids is 2. The molecule has 0 unspecified atom stereocenters. The molecule has 0 saturated heterocycles. The smallest absolute Gasteiger partial charge is 1.00 e. The van der Waals surface area contributed by atoms with Crippen LogP contribution in [-0.4, -0.2) is 31.3 Å². The predicted octanol–water partition coefficient (Wildman–Crippen LogP) is 5.20. The monoisotopic (exact) mass is 744 g/mol. The molecule has 0 bridgehead atoms. The van der Waals surface area contributed by atoms with Crippen LogP contribution in [0.1, 0.15) is 33.3 Å². The van der Waals surface area contributed by atoms with Crippen LogP contribution in [0.5, 0.6) is 0 Å². The molecule has 0 atom stereocenters. The van der Waals surface area contributed by atoms with Crippen molar-refractivity contribution in [2.75, 3.05) is 0 Å². The van der Waals surface area contributed by atoms with Crippen molar-refractivity contribution in [3.8, 4) is 11.8 Å². The van der Waals surface area contributed by atoms with E-state index in [1.165, 1.54) is 60.7 Å². The molecule has 14 nitrogen and oxygen atoms in total. The summed E-state index contributed by atoms with van der Waals surface area (Å²) < 4.78 is 0. The molecule has 0 aliphatic rings. The van der Waals surface area contributed by atoms with Gasteiger partial charge in [0.05, 0.1) is 19.7 Å². The van der Waals surface area contributed by atoms with E-state index in [0.717, 1.165) is 12.1 Å². The van der Waals surface area contributed by atoms with Gasteiger partial charge < -0.3 is 1.43 Å². The van der Waals surface area contributed by atoms with Gasteiger partial charge in [-0.2, -0.15) is 0 Å². The molecule has 0 fully saturated rings. The summed E-state index contributed by atoms with van der Waals surface area (Å²) >= 11 is 22.9. The molecule has 19 heteroatoms. The average Bonchev–Trinajstić information content (AvgIpc) is 2.98. The number of halogens is 4. The van der Waals surface area contributed by atoms with Crippen LogP contribution < -0.4 is 51.4 Å². The first-order valence-corrected chi connectivity index (χ1v) is 13.5. The summed E-state index contributed by atoms with van der Waals surface area (Å²) in [5, 5.41) is 43.4. The van der Waals surface area contributed by atoms with Crippen molar-refractivity contribution in [2.24, 2.45) is 0 Å². The SMILES string of the molecule is O=C(C(=O)c1cccc(Cl)c1[N+](=O)[O-])c1cccc(Cl)c1[N+](=O)[O-].O=[N+]([O-])c1c(Cl)cccc1C#Cc1cccc(Cl)c1[N+](=O)[O-].[H-].[K+]. The Kier molecular flexibility index (Phi) is 14.5. The Morgan fingerprint density at radius 2 is 0.745 bits per heavy atom. The molecule has 4 aromatic carbocycles. The molecule has 0 aliphatic carbocycles. The molecule has 4 aromatic rings. The zero-order valence-electron chi connectivity index (χ0n) is 24.3. The third-order valence-electron chi connectivity index (χ3n) is 5.70. The van der Waals surface area contributed by atoms with Crippen LogP contribution in [0.25, 0.3) is 0 Å². The van der Waals surface area contributed by atoms with Gasteiger partial charge in [-0.25, -0.2) is 0 Å². The summed E-state index contributed by atoms with van der Waals surface area (Å²) in [6.07, 6.45) is 0. The van der Waals surface area contributed by atoms with Crippen LogP contribution >= 0.6 is 46.4 Å². The molecule has 4 rings (SSSR count). The number of nitrogens with zero attached hydrogens (tertiary/aromatic N) is 4.